The van der Waals surface area contributed by atoms with Crippen LogP contribution in [0.25, 0.3) is 11.1 Å². The third-order valence-corrected chi connectivity index (χ3v) is 3.57. The maximum Gasteiger partial charge on any atom is 0.313 e. The molecule has 3 heteroatoms. The molecule has 0 N–H and O–H groups in total. The molecule has 1 atom stereocenters. The highest BCUT2D eigenvalue weighted by Crippen LogP contribution is 2.28. The van der Waals surface area contributed by atoms with Gasteiger partial charge < -0.3 is 4.74 Å². The van der Waals surface area contributed by atoms with E-state index in [1.165, 1.54) is 0 Å². The molecule has 2 nitrogen and oxygen atoms in total. The lowest BCUT2D eigenvalue weighted by molar-refractivity contribution is -0.144. The highest BCUT2D eigenvalue weighted by atomic mass is 35.5. The smallest absolute Gasteiger partial charge is 0.313 e. The normalized spacial score (nSPS) is 11.9. The molecule has 2 aromatic carbocycles. The zero-order valence-electron chi connectivity index (χ0n) is 11.6. The van der Waals surface area contributed by atoms with Crippen LogP contribution >= 0.6 is 11.6 Å². The Labute approximate surface area is 124 Å². The van der Waals surface area contributed by atoms with Crippen molar-refractivity contribution in [3.63, 3.8) is 0 Å². The number of hydrogen-bond acceptors (Lipinski definition) is 2. The number of benzene rings is 2. The van der Waals surface area contributed by atoms with Gasteiger partial charge in [0.2, 0.25) is 0 Å². The largest absolute Gasteiger partial charge is 0.466 e. The van der Waals surface area contributed by atoms with Crippen molar-refractivity contribution >= 4 is 17.6 Å². The number of esters is 1. The van der Waals surface area contributed by atoms with E-state index < -0.39 is 0 Å². The first-order valence-corrected chi connectivity index (χ1v) is 7.02. The highest BCUT2D eigenvalue weighted by molar-refractivity contribution is 6.33. The van der Waals surface area contributed by atoms with E-state index in [4.69, 9.17) is 16.3 Å². The van der Waals surface area contributed by atoms with Gasteiger partial charge in [0.15, 0.2) is 0 Å². The predicted octanol–water partition coefficient (Wildman–Crippen LogP) is 4.67. The molecule has 0 aliphatic carbocycles. The van der Waals surface area contributed by atoms with Crippen LogP contribution in [0.15, 0.2) is 48.5 Å². The van der Waals surface area contributed by atoms with Gasteiger partial charge in [0.05, 0.1) is 12.5 Å². The second-order valence-electron chi connectivity index (χ2n) is 4.58. The lowest BCUT2D eigenvalue weighted by Crippen LogP contribution is -2.12. The number of ether oxygens (including phenoxy) is 1. The molecule has 0 aromatic heterocycles. The van der Waals surface area contributed by atoms with Crippen molar-refractivity contribution in [3.05, 3.63) is 59.1 Å². The minimum Gasteiger partial charge on any atom is -0.466 e. The monoisotopic (exact) mass is 288 g/mol. The van der Waals surface area contributed by atoms with Gasteiger partial charge in [0.1, 0.15) is 0 Å². The van der Waals surface area contributed by atoms with Crippen LogP contribution in [0.1, 0.15) is 25.3 Å². The Balaban J connectivity index is 2.23. The molecule has 104 valence electrons. The summed E-state index contributed by atoms with van der Waals surface area (Å²) in [6, 6.07) is 15.6. The van der Waals surface area contributed by atoms with E-state index in [-0.39, 0.29) is 11.9 Å². The number of halogens is 1. The molecule has 0 spiro atoms. The van der Waals surface area contributed by atoms with Gasteiger partial charge in [-0.15, -0.1) is 0 Å². The van der Waals surface area contributed by atoms with Gasteiger partial charge in [0.25, 0.3) is 0 Å². The van der Waals surface area contributed by atoms with Crippen LogP contribution in [0.4, 0.5) is 0 Å². The van der Waals surface area contributed by atoms with E-state index in [0.29, 0.717) is 6.61 Å². The summed E-state index contributed by atoms with van der Waals surface area (Å²) in [5, 5.41) is 0.721. The van der Waals surface area contributed by atoms with E-state index in [0.717, 1.165) is 21.7 Å². The fraction of sp³-hybridized carbons (Fsp3) is 0.235. The van der Waals surface area contributed by atoms with Crippen molar-refractivity contribution in [2.24, 2.45) is 0 Å². The summed E-state index contributed by atoms with van der Waals surface area (Å²) in [5.41, 5.74) is 2.97. The summed E-state index contributed by atoms with van der Waals surface area (Å²) < 4.78 is 5.03. The Morgan fingerprint density at radius 3 is 2.40 bits per heavy atom. The second kappa shape index (κ2) is 6.58. The molecule has 0 saturated heterocycles. The van der Waals surface area contributed by atoms with E-state index in [9.17, 15) is 4.79 Å². The van der Waals surface area contributed by atoms with Crippen LogP contribution in [0.5, 0.6) is 0 Å². The molecule has 1 unspecified atom stereocenters. The molecule has 0 aliphatic heterocycles. The molecule has 0 radical (unpaired) electrons. The van der Waals surface area contributed by atoms with Crippen LogP contribution in [0, 0.1) is 0 Å². The van der Waals surface area contributed by atoms with Crippen LogP contribution < -0.4 is 0 Å². The Bertz CT molecular complexity index is 590. The minimum atomic E-state index is -0.254. The molecule has 0 heterocycles. The number of hydrogen-bond donors (Lipinski definition) is 0. The summed E-state index contributed by atoms with van der Waals surface area (Å²) in [4.78, 5) is 11.7. The van der Waals surface area contributed by atoms with E-state index in [1.54, 1.807) is 0 Å². The molecule has 2 aromatic rings. The van der Waals surface area contributed by atoms with Gasteiger partial charge >= 0.3 is 5.97 Å². The average molecular weight is 289 g/mol. The van der Waals surface area contributed by atoms with Gasteiger partial charge in [-0.2, -0.15) is 0 Å². The topological polar surface area (TPSA) is 26.3 Å². The molecular formula is C17H17ClO2. The van der Waals surface area contributed by atoms with Crippen LogP contribution in [-0.4, -0.2) is 12.6 Å². The molecule has 0 fully saturated rings. The first-order valence-electron chi connectivity index (χ1n) is 6.65. The van der Waals surface area contributed by atoms with Crippen molar-refractivity contribution in [3.8, 4) is 11.1 Å². The van der Waals surface area contributed by atoms with E-state index in [1.807, 2.05) is 62.4 Å². The quantitative estimate of drug-likeness (QED) is 0.764. The highest BCUT2D eigenvalue weighted by Gasteiger charge is 2.16. The molecule has 0 amide bonds. The van der Waals surface area contributed by atoms with Crippen LogP contribution in [-0.2, 0) is 9.53 Å². The number of carbonyl (C=O) groups excluding carboxylic acids is 1. The first kappa shape index (κ1) is 14.6. The summed E-state index contributed by atoms with van der Waals surface area (Å²) in [7, 11) is 0. The SMILES string of the molecule is CCOC(=O)C(C)c1ccc(-c2ccccc2Cl)cc1. The fourth-order valence-corrected chi connectivity index (χ4v) is 2.29. The van der Waals surface area contributed by atoms with Gasteiger partial charge in [0, 0.05) is 10.6 Å². The van der Waals surface area contributed by atoms with Gasteiger partial charge in [-0.25, -0.2) is 0 Å². The van der Waals surface area contributed by atoms with Crippen molar-refractivity contribution in [2.45, 2.75) is 19.8 Å². The van der Waals surface area contributed by atoms with Gasteiger partial charge in [-0.1, -0.05) is 54.1 Å². The van der Waals surface area contributed by atoms with Gasteiger partial charge in [-0.05, 0) is 31.0 Å². The van der Waals surface area contributed by atoms with E-state index >= 15 is 0 Å². The minimum absolute atomic E-state index is 0.196. The average Bonchev–Trinajstić information content (AvgIpc) is 2.47. The summed E-state index contributed by atoms with van der Waals surface area (Å²) in [5.74, 6) is -0.451. The second-order valence-corrected chi connectivity index (χ2v) is 4.98. The van der Waals surface area contributed by atoms with Crippen LogP contribution in [0.3, 0.4) is 0 Å². The Hall–Kier alpha value is -1.80. The maximum absolute atomic E-state index is 11.7. The van der Waals surface area contributed by atoms with Crippen molar-refractivity contribution in [1.29, 1.82) is 0 Å². The fourth-order valence-electron chi connectivity index (χ4n) is 2.05. The zero-order chi connectivity index (χ0) is 14.5. The Morgan fingerprint density at radius 1 is 1.15 bits per heavy atom. The van der Waals surface area contributed by atoms with Crippen molar-refractivity contribution in [2.75, 3.05) is 6.61 Å². The molecule has 0 aliphatic rings. The lowest BCUT2D eigenvalue weighted by atomic mass is 9.97. The number of carbonyl (C=O) groups is 1. The Morgan fingerprint density at radius 2 is 1.80 bits per heavy atom. The Kier molecular flexibility index (Phi) is 4.80. The van der Waals surface area contributed by atoms with Crippen molar-refractivity contribution < 1.29 is 9.53 Å². The number of rotatable bonds is 4. The molecule has 0 saturated carbocycles. The van der Waals surface area contributed by atoms with Gasteiger partial charge in [-0.3, -0.25) is 4.79 Å². The molecule has 2 rings (SSSR count). The third kappa shape index (κ3) is 3.20. The van der Waals surface area contributed by atoms with E-state index in [2.05, 4.69) is 0 Å². The lowest BCUT2D eigenvalue weighted by Gasteiger charge is -2.12. The standard InChI is InChI=1S/C17H17ClO2/c1-3-20-17(19)12(2)13-8-10-14(11-9-13)15-6-4-5-7-16(15)18/h4-12H,3H2,1-2H3. The summed E-state index contributed by atoms with van der Waals surface area (Å²) >= 11 is 6.18. The molecule has 0 bridgehead atoms. The zero-order valence-corrected chi connectivity index (χ0v) is 12.4. The predicted molar refractivity (Wildman–Crippen MR) is 81.9 cm³/mol. The molecular weight excluding hydrogens is 272 g/mol. The first-order chi connectivity index (χ1) is 9.63. The third-order valence-electron chi connectivity index (χ3n) is 3.24. The van der Waals surface area contributed by atoms with Crippen molar-refractivity contribution in [1.82, 2.24) is 0 Å². The maximum atomic E-state index is 11.7. The van der Waals surface area contributed by atoms with Crippen LogP contribution in [0.2, 0.25) is 5.02 Å². The summed E-state index contributed by atoms with van der Waals surface area (Å²) in [6.45, 7) is 4.06. The summed E-state index contributed by atoms with van der Waals surface area (Å²) in [6.07, 6.45) is 0. The molecule has 20 heavy (non-hydrogen) atoms.